The number of thioether (sulfide) groups is 1. The van der Waals surface area contributed by atoms with Crippen molar-refractivity contribution in [3.63, 3.8) is 0 Å². The Morgan fingerprint density at radius 2 is 2.22 bits per heavy atom. The minimum atomic E-state index is -0.155. The molecule has 0 unspecified atom stereocenters. The number of carbonyl (C=O) groups is 1. The van der Waals surface area contributed by atoms with E-state index >= 15 is 0 Å². The quantitative estimate of drug-likeness (QED) is 0.702. The third kappa shape index (κ3) is 3.71. The Hall–Kier alpha value is -2.33. The van der Waals surface area contributed by atoms with E-state index in [1.165, 1.54) is 23.1 Å². The molecule has 0 aliphatic carbocycles. The Balaban J connectivity index is 1.63. The number of aryl methyl sites for hydroxylation is 1. The fourth-order valence-electron chi connectivity index (χ4n) is 1.82. The van der Waals surface area contributed by atoms with E-state index in [4.69, 9.17) is 0 Å². The number of pyridine rings is 1. The molecule has 1 N–H and O–H groups in total. The predicted octanol–water partition coefficient (Wildman–Crippen LogP) is 1.77. The third-order valence-corrected chi connectivity index (χ3v) is 4.63. The van der Waals surface area contributed by atoms with Crippen LogP contribution in [-0.4, -0.2) is 41.6 Å². The van der Waals surface area contributed by atoms with E-state index in [9.17, 15) is 4.79 Å². The van der Waals surface area contributed by atoms with Crippen LogP contribution in [0.5, 0.6) is 0 Å². The van der Waals surface area contributed by atoms with Gasteiger partial charge >= 0.3 is 0 Å². The Morgan fingerprint density at radius 3 is 2.91 bits per heavy atom. The molecule has 0 aromatic carbocycles. The molecule has 0 fully saturated rings. The molecule has 1 amide bonds. The van der Waals surface area contributed by atoms with Crippen molar-refractivity contribution in [3.05, 3.63) is 29.5 Å². The van der Waals surface area contributed by atoms with Gasteiger partial charge < -0.3 is 4.57 Å². The summed E-state index contributed by atoms with van der Waals surface area (Å²) < 4.78 is 1.84. The Labute approximate surface area is 140 Å². The zero-order valence-electron chi connectivity index (χ0n) is 12.4. The van der Waals surface area contributed by atoms with E-state index in [-0.39, 0.29) is 11.7 Å². The maximum atomic E-state index is 11.9. The molecule has 3 rings (SSSR count). The molecular formula is C13H13N7OS2. The number of nitrogens with one attached hydrogen (secondary N) is 1. The number of anilines is 1. The lowest BCUT2D eigenvalue weighted by Crippen LogP contribution is -2.14. The van der Waals surface area contributed by atoms with Crippen LogP contribution in [0.3, 0.4) is 0 Å². The van der Waals surface area contributed by atoms with Crippen LogP contribution in [-0.2, 0) is 11.8 Å². The third-order valence-electron chi connectivity index (χ3n) is 2.86. The normalized spacial score (nSPS) is 10.7. The molecule has 3 aromatic heterocycles. The lowest BCUT2D eigenvalue weighted by molar-refractivity contribution is -0.113. The lowest BCUT2D eigenvalue weighted by Gasteiger charge is -2.03. The minimum Gasteiger partial charge on any atom is -0.305 e. The van der Waals surface area contributed by atoms with Gasteiger partial charge in [0.25, 0.3) is 0 Å². The topological polar surface area (TPSA) is 98.5 Å². The first-order valence-electron chi connectivity index (χ1n) is 6.66. The highest BCUT2D eigenvalue weighted by molar-refractivity contribution is 7.99. The van der Waals surface area contributed by atoms with E-state index in [0.29, 0.717) is 16.1 Å². The first-order valence-corrected chi connectivity index (χ1v) is 8.46. The summed E-state index contributed by atoms with van der Waals surface area (Å²) >= 11 is 2.65. The molecule has 0 spiro atoms. The molecule has 8 nitrogen and oxygen atoms in total. The van der Waals surface area contributed by atoms with E-state index in [1.54, 1.807) is 12.4 Å². The van der Waals surface area contributed by atoms with Gasteiger partial charge in [-0.2, -0.15) is 0 Å². The van der Waals surface area contributed by atoms with E-state index in [0.717, 1.165) is 10.6 Å². The molecule has 10 heteroatoms. The summed E-state index contributed by atoms with van der Waals surface area (Å²) in [5.74, 6) is 0.773. The Morgan fingerprint density at radius 1 is 1.35 bits per heavy atom. The minimum absolute atomic E-state index is 0.155. The number of rotatable bonds is 5. The van der Waals surface area contributed by atoms with Crippen LogP contribution in [0.15, 0.2) is 29.7 Å². The molecule has 23 heavy (non-hydrogen) atoms. The highest BCUT2D eigenvalue weighted by Crippen LogP contribution is 2.22. The summed E-state index contributed by atoms with van der Waals surface area (Å²) in [4.78, 5) is 16.0. The van der Waals surface area contributed by atoms with Gasteiger partial charge in [-0.15, -0.1) is 20.4 Å². The van der Waals surface area contributed by atoms with Crippen LogP contribution in [0.4, 0.5) is 5.13 Å². The first-order chi connectivity index (χ1) is 11.1. The summed E-state index contributed by atoms with van der Waals surface area (Å²) in [6.45, 7) is 1.83. The smallest absolute Gasteiger partial charge is 0.236 e. The fraction of sp³-hybridized carbons (Fsp3) is 0.231. The van der Waals surface area contributed by atoms with Crippen LogP contribution in [0.1, 0.15) is 5.01 Å². The number of amides is 1. The second kappa shape index (κ2) is 6.84. The molecule has 3 heterocycles. The molecule has 0 saturated heterocycles. The number of aromatic nitrogens is 6. The number of hydrogen-bond donors (Lipinski definition) is 1. The maximum absolute atomic E-state index is 11.9. The van der Waals surface area contributed by atoms with Crippen molar-refractivity contribution < 1.29 is 4.79 Å². The zero-order valence-corrected chi connectivity index (χ0v) is 14.1. The molecular weight excluding hydrogens is 334 g/mol. The van der Waals surface area contributed by atoms with Crippen molar-refractivity contribution in [2.75, 3.05) is 11.1 Å². The van der Waals surface area contributed by atoms with Crippen molar-refractivity contribution in [1.82, 2.24) is 29.9 Å². The van der Waals surface area contributed by atoms with Crippen LogP contribution in [0.2, 0.25) is 0 Å². The van der Waals surface area contributed by atoms with Gasteiger partial charge in [0.05, 0.1) is 5.75 Å². The molecule has 0 radical (unpaired) electrons. The second-order valence-electron chi connectivity index (χ2n) is 4.57. The summed E-state index contributed by atoms with van der Waals surface area (Å²) in [6.07, 6.45) is 3.43. The highest BCUT2D eigenvalue weighted by Gasteiger charge is 2.13. The molecule has 0 atom stereocenters. The molecule has 3 aromatic rings. The zero-order chi connectivity index (χ0) is 16.2. The van der Waals surface area contributed by atoms with Crippen molar-refractivity contribution >= 4 is 34.1 Å². The summed E-state index contributed by atoms with van der Waals surface area (Å²) in [6, 6.07) is 3.75. The summed E-state index contributed by atoms with van der Waals surface area (Å²) in [5, 5.41) is 20.7. The average molecular weight is 347 g/mol. The molecule has 118 valence electrons. The van der Waals surface area contributed by atoms with Crippen molar-refractivity contribution in [3.8, 4) is 11.4 Å². The number of nitrogens with zero attached hydrogens (tertiary/aromatic N) is 6. The predicted molar refractivity (Wildman–Crippen MR) is 88.2 cm³/mol. The van der Waals surface area contributed by atoms with Gasteiger partial charge in [-0.3, -0.25) is 15.1 Å². The van der Waals surface area contributed by atoms with Gasteiger partial charge in [0.2, 0.25) is 11.0 Å². The van der Waals surface area contributed by atoms with E-state index in [1.807, 2.05) is 30.7 Å². The Bertz CT molecular complexity index is 815. The number of carbonyl (C=O) groups excluding carboxylic acids is 1. The van der Waals surface area contributed by atoms with Gasteiger partial charge in [-0.1, -0.05) is 23.1 Å². The molecule has 0 aliphatic rings. The van der Waals surface area contributed by atoms with Gasteiger partial charge in [-0.05, 0) is 19.1 Å². The van der Waals surface area contributed by atoms with Crippen LogP contribution in [0, 0.1) is 6.92 Å². The molecule has 0 saturated carbocycles. The van der Waals surface area contributed by atoms with Gasteiger partial charge in [-0.25, -0.2) is 0 Å². The molecule has 0 bridgehead atoms. The number of hydrogen-bond acceptors (Lipinski definition) is 8. The van der Waals surface area contributed by atoms with Crippen molar-refractivity contribution in [2.24, 2.45) is 7.05 Å². The SMILES string of the molecule is Cc1nnc(NC(=O)CSc2nnc(-c3cccnc3)n2C)s1. The lowest BCUT2D eigenvalue weighted by atomic mass is 10.3. The van der Waals surface area contributed by atoms with Gasteiger partial charge in [0.15, 0.2) is 11.0 Å². The summed E-state index contributed by atoms with van der Waals surface area (Å²) in [5.41, 5.74) is 0.878. The monoisotopic (exact) mass is 347 g/mol. The van der Waals surface area contributed by atoms with Crippen molar-refractivity contribution in [1.29, 1.82) is 0 Å². The van der Waals surface area contributed by atoms with Gasteiger partial charge in [0.1, 0.15) is 5.01 Å². The van der Waals surface area contributed by atoms with E-state index in [2.05, 4.69) is 30.7 Å². The van der Waals surface area contributed by atoms with Crippen LogP contribution < -0.4 is 5.32 Å². The van der Waals surface area contributed by atoms with Crippen LogP contribution >= 0.6 is 23.1 Å². The fourth-order valence-corrected chi connectivity index (χ4v) is 3.14. The standard InChI is InChI=1S/C13H13N7OS2/c1-8-16-18-12(23-8)15-10(21)7-22-13-19-17-11(20(13)2)9-4-3-5-14-6-9/h3-6H,7H2,1-2H3,(H,15,18,21). The average Bonchev–Trinajstić information content (AvgIpc) is 3.12. The van der Waals surface area contributed by atoms with Crippen molar-refractivity contribution in [2.45, 2.75) is 12.1 Å². The molecule has 0 aliphatic heterocycles. The highest BCUT2D eigenvalue weighted by atomic mass is 32.2. The Kier molecular flexibility index (Phi) is 4.63. The largest absolute Gasteiger partial charge is 0.305 e. The summed E-state index contributed by atoms with van der Waals surface area (Å²) in [7, 11) is 1.86. The van der Waals surface area contributed by atoms with Crippen LogP contribution in [0.25, 0.3) is 11.4 Å². The second-order valence-corrected chi connectivity index (χ2v) is 6.69. The van der Waals surface area contributed by atoms with Gasteiger partial charge in [0, 0.05) is 25.0 Å². The maximum Gasteiger partial charge on any atom is 0.236 e. The van der Waals surface area contributed by atoms with E-state index < -0.39 is 0 Å². The first kappa shape index (κ1) is 15.6.